The number of benzene rings is 1. The third-order valence-corrected chi connectivity index (χ3v) is 3.16. The molecule has 1 amide bonds. The minimum Gasteiger partial charge on any atom is -0.495 e. The molecule has 1 atom stereocenters. The highest BCUT2D eigenvalue weighted by atomic mass is 16.6. The number of hydrogen-bond donors (Lipinski definition) is 2. The summed E-state index contributed by atoms with van der Waals surface area (Å²) in [5.41, 5.74) is 1.01. The summed E-state index contributed by atoms with van der Waals surface area (Å²) in [7, 11) is 1.56. The van der Waals surface area contributed by atoms with Crippen LogP contribution in [0.1, 0.15) is 32.4 Å². The predicted octanol–water partition coefficient (Wildman–Crippen LogP) is 2.70. The number of morpholine rings is 1. The van der Waals surface area contributed by atoms with Gasteiger partial charge in [0.05, 0.1) is 25.5 Å². The maximum absolute atomic E-state index is 12.0. The first-order valence-electron chi connectivity index (χ1n) is 7.39. The minimum atomic E-state index is -0.550. The molecule has 0 spiro atoms. The molecule has 1 unspecified atom stereocenters. The van der Waals surface area contributed by atoms with Gasteiger partial charge in [0.15, 0.2) is 0 Å². The van der Waals surface area contributed by atoms with Gasteiger partial charge in [-0.1, -0.05) is 6.07 Å². The molecular formula is C16H24N2O4. The molecule has 6 nitrogen and oxygen atoms in total. The third-order valence-electron chi connectivity index (χ3n) is 3.16. The zero-order valence-corrected chi connectivity index (χ0v) is 13.6. The summed E-state index contributed by atoms with van der Waals surface area (Å²) >= 11 is 0. The van der Waals surface area contributed by atoms with Crippen LogP contribution in [-0.4, -0.2) is 38.5 Å². The van der Waals surface area contributed by atoms with E-state index in [4.69, 9.17) is 14.2 Å². The number of rotatable bonds is 3. The van der Waals surface area contributed by atoms with Gasteiger partial charge in [-0.2, -0.15) is 0 Å². The second-order valence-electron chi connectivity index (χ2n) is 6.15. The first-order valence-corrected chi connectivity index (χ1v) is 7.39. The monoisotopic (exact) mass is 308 g/mol. The van der Waals surface area contributed by atoms with E-state index in [1.807, 2.05) is 39.0 Å². The second kappa shape index (κ2) is 6.98. The lowest BCUT2D eigenvalue weighted by atomic mass is 10.1. The predicted molar refractivity (Wildman–Crippen MR) is 84.4 cm³/mol. The van der Waals surface area contributed by atoms with Gasteiger partial charge in [0.1, 0.15) is 11.4 Å². The Kier molecular flexibility index (Phi) is 5.26. The van der Waals surface area contributed by atoms with Crippen LogP contribution >= 0.6 is 0 Å². The fraction of sp³-hybridized carbons (Fsp3) is 0.562. The molecule has 1 fully saturated rings. The van der Waals surface area contributed by atoms with Gasteiger partial charge in [-0.05, 0) is 38.5 Å². The number of hydrogen-bond acceptors (Lipinski definition) is 5. The molecule has 1 saturated heterocycles. The summed E-state index contributed by atoms with van der Waals surface area (Å²) in [5.74, 6) is 0.582. The molecule has 0 saturated carbocycles. The largest absolute Gasteiger partial charge is 0.495 e. The van der Waals surface area contributed by atoms with Gasteiger partial charge in [0.25, 0.3) is 0 Å². The summed E-state index contributed by atoms with van der Waals surface area (Å²) in [4.78, 5) is 12.0. The van der Waals surface area contributed by atoms with Gasteiger partial charge in [0, 0.05) is 13.1 Å². The highest BCUT2D eigenvalue weighted by Gasteiger charge is 2.20. The Balaban J connectivity index is 2.15. The van der Waals surface area contributed by atoms with Crippen molar-refractivity contribution in [1.29, 1.82) is 0 Å². The van der Waals surface area contributed by atoms with Crippen LogP contribution in [0.15, 0.2) is 18.2 Å². The summed E-state index contributed by atoms with van der Waals surface area (Å²) < 4.78 is 16.3. The molecule has 0 radical (unpaired) electrons. The molecule has 2 N–H and O–H groups in total. The average Bonchev–Trinajstić information content (AvgIpc) is 2.46. The van der Waals surface area contributed by atoms with E-state index in [1.165, 1.54) is 0 Å². The number of amides is 1. The molecule has 1 aromatic rings. The van der Waals surface area contributed by atoms with Crippen molar-refractivity contribution in [1.82, 2.24) is 5.32 Å². The Bertz CT molecular complexity index is 519. The third kappa shape index (κ3) is 4.61. The maximum Gasteiger partial charge on any atom is 0.412 e. The Morgan fingerprint density at radius 1 is 1.41 bits per heavy atom. The van der Waals surface area contributed by atoms with Gasteiger partial charge in [-0.25, -0.2) is 4.79 Å². The average molecular weight is 308 g/mol. The smallest absolute Gasteiger partial charge is 0.412 e. The molecule has 0 aliphatic carbocycles. The molecule has 2 rings (SSSR count). The lowest BCUT2D eigenvalue weighted by molar-refractivity contribution is 0.0277. The molecule has 22 heavy (non-hydrogen) atoms. The highest BCUT2D eigenvalue weighted by Crippen LogP contribution is 2.30. The van der Waals surface area contributed by atoms with Crippen molar-refractivity contribution in [3.63, 3.8) is 0 Å². The molecular weight excluding hydrogens is 284 g/mol. The van der Waals surface area contributed by atoms with Crippen LogP contribution in [-0.2, 0) is 9.47 Å². The van der Waals surface area contributed by atoms with Crippen LogP contribution in [0.25, 0.3) is 0 Å². The molecule has 1 aromatic carbocycles. The van der Waals surface area contributed by atoms with Crippen molar-refractivity contribution in [3.05, 3.63) is 23.8 Å². The van der Waals surface area contributed by atoms with Crippen molar-refractivity contribution < 1.29 is 19.0 Å². The Hall–Kier alpha value is -1.79. The standard InChI is InChI=1S/C16H24N2O4/c1-16(2,3)22-15(19)18-12-9-11(5-6-13(12)20-4)14-10-17-7-8-21-14/h5-6,9,14,17H,7-8,10H2,1-4H3,(H,18,19). The van der Waals surface area contributed by atoms with E-state index >= 15 is 0 Å². The van der Waals surface area contributed by atoms with E-state index in [-0.39, 0.29) is 6.10 Å². The molecule has 0 aromatic heterocycles. The van der Waals surface area contributed by atoms with Crippen LogP contribution in [0, 0.1) is 0 Å². The summed E-state index contributed by atoms with van der Waals surface area (Å²) in [6.07, 6.45) is -0.538. The number of carbonyl (C=O) groups is 1. The first kappa shape index (κ1) is 16.6. The summed E-state index contributed by atoms with van der Waals surface area (Å²) in [6.45, 7) is 7.74. The van der Waals surface area contributed by atoms with Crippen LogP contribution in [0.3, 0.4) is 0 Å². The van der Waals surface area contributed by atoms with Crippen LogP contribution in [0.5, 0.6) is 5.75 Å². The van der Waals surface area contributed by atoms with Gasteiger partial charge in [-0.3, -0.25) is 5.32 Å². The first-order chi connectivity index (χ1) is 10.4. The summed E-state index contributed by atoms with van der Waals surface area (Å²) in [5, 5.41) is 6.02. The molecule has 0 bridgehead atoms. The molecule has 1 aliphatic heterocycles. The SMILES string of the molecule is COc1ccc(C2CNCCO2)cc1NC(=O)OC(C)(C)C. The Morgan fingerprint density at radius 3 is 2.77 bits per heavy atom. The number of carbonyl (C=O) groups excluding carboxylic acids is 1. The number of methoxy groups -OCH3 is 1. The van der Waals surface area contributed by atoms with Gasteiger partial charge >= 0.3 is 6.09 Å². The normalized spacial score (nSPS) is 18.6. The highest BCUT2D eigenvalue weighted by molar-refractivity contribution is 5.87. The fourth-order valence-electron chi connectivity index (χ4n) is 2.22. The van der Waals surface area contributed by atoms with Gasteiger partial charge < -0.3 is 19.5 Å². The molecule has 1 aliphatic rings. The zero-order valence-electron chi connectivity index (χ0n) is 13.6. The van der Waals surface area contributed by atoms with Crippen molar-refractivity contribution >= 4 is 11.8 Å². The van der Waals surface area contributed by atoms with Gasteiger partial charge in [0.2, 0.25) is 0 Å². The van der Waals surface area contributed by atoms with E-state index in [0.29, 0.717) is 18.0 Å². The quantitative estimate of drug-likeness (QED) is 0.898. The molecule has 6 heteroatoms. The van der Waals surface area contributed by atoms with Crippen LogP contribution in [0.4, 0.5) is 10.5 Å². The molecule has 122 valence electrons. The summed E-state index contributed by atoms with van der Waals surface area (Å²) in [6, 6.07) is 5.62. The van der Waals surface area contributed by atoms with E-state index in [2.05, 4.69) is 10.6 Å². The fourth-order valence-corrected chi connectivity index (χ4v) is 2.22. The van der Waals surface area contributed by atoms with Crippen LogP contribution in [0.2, 0.25) is 0 Å². The van der Waals surface area contributed by atoms with E-state index in [9.17, 15) is 4.79 Å². The topological polar surface area (TPSA) is 68.8 Å². The Labute approximate surface area is 131 Å². The number of nitrogens with one attached hydrogen (secondary N) is 2. The lowest BCUT2D eigenvalue weighted by Crippen LogP contribution is -2.33. The van der Waals surface area contributed by atoms with Crippen molar-refractivity contribution in [2.24, 2.45) is 0 Å². The minimum absolute atomic E-state index is 0.0288. The van der Waals surface area contributed by atoms with Crippen LogP contribution < -0.4 is 15.4 Å². The van der Waals surface area contributed by atoms with Crippen molar-refractivity contribution in [2.75, 3.05) is 32.1 Å². The van der Waals surface area contributed by atoms with E-state index < -0.39 is 11.7 Å². The van der Waals surface area contributed by atoms with E-state index in [0.717, 1.165) is 18.7 Å². The van der Waals surface area contributed by atoms with Crippen molar-refractivity contribution in [3.8, 4) is 5.75 Å². The van der Waals surface area contributed by atoms with E-state index in [1.54, 1.807) is 7.11 Å². The van der Waals surface area contributed by atoms with Crippen molar-refractivity contribution in [2.45, 2.75) is 32.5 Å². The second-order valence-corrected chi connectivity index (χ2v) is 6.15. The maximum atomic E-state index is 12.0. The molecule has 1 heterocycles. The number of ether oxygens (including phenoxy) is 3. The number of anilines is 1. The van der Waals surface area contributed by atoms with Gasteiger partial charge in [-0.15, -0.1) is 0 Å². The Morgan fingerprint density at radius 2 is 2.18 bits per heavy atom. The lowest BCUT2D eigenvalue weighted by Gasteiger charge is -2.25. The zero-order chi connectivity index (χ0) is 16.2.